The molecule has 2 aromatic carbocycles. The molecule has 0 radical (unpaired) electrons. The van der Waals surface area contributed by atoms with Gasteiger partial charge in [0.2, 0.25) is 0 Å². The first kappa shape index (κ1) is 24.6. The number of urea groups is 1. The number of nitrogens with one attached hydrogen (secondary N) is 3. The van der Waals surface area contributed by atoms with Gasteiger partial charge in [0, 0.05) is 5.69 Å². The van der Waals surface area contributed by atoms with Crippen LogP contribution in [0.1, 0.15) is 12.5 Å². The number of halogens is 3. The van der Waals surface area contributed by atoms with Crippen LogP contribution < -0.4 is 25.4 Å². The molecule has 9 nitrogen and oxygen atoms in total. The Kier molecular flexibility index (Phi) is 7.96. The maximum Gasteiger partial charge on any atom is 0.328 e. The van der Waals surface area contributed by atoms with Gasteiger partial charge in [-0.15, -0.1) is 0 Å². The van der Waals surface area contributed by atoms with Gasteiger partial charge < -0.3 is 14.8 Å². The smallest absolute Gasteiger partial charge is 0.328 e. The zero-order valence-electron chi connectivity index (χ0n) is 17.0. The number of amides is 5. The molecule has 0 aliphatic carbocycles. The van der Waals surface area contributed by atoms with Gasteiger partial charge in [-0.25, -0.2) is 4.79 Å². The van der Waals surface area contributed by atoms with Crippen LogP contribution in [0, 0.1) is 0 Å². The van der Waals surface area contributed by atoms with E-state index in [2.05, 4.69) is 21.2 Å². The minimum absolute atomic E-state index is 0.246. The van der Waals surface area contributed by atoms with Crippen LogP contribution >= 0.6 is 39.1 Å². The van der Waals surface area contributed by atoms with Crippen LogP contribution in [0.3, 0.4) is 0 Å². The highest BCUT2D eigenvalue weighted by molar-refractivity contribution is 9.10. The second kappa shape index (κ2) is 10.7. The van der Waals surface area contributed by atoms with Gasteiger partial charge in [-0.05, 0) is 64.8 Å². The number of rotatable bonds is 7. The molecule has 33 heavy (non-hydrogen) atoms. The number of hydrogen-bond donors (Lipinski definition) is 3. The van der Waals surface area contributed by atoms with Crippen LogP contribution in [0.5, 0.6) is 11.5 Å². The first-order chi connectivity index (χ1) is 15.7. The summed E-state index contributed by atoms with van der Waals surface area (Å²) in [6, 6.07) is 6.88. The fourth-order valence-corrected chi connectivity index (χ4v) is 3.63. The fourth-order valence-electron chi connectivity index (χ4n) is 2.76. The Bertz CT molecular complexity index is 1160. The summed E-state index contributed by atoms with van der Waals surface area (Å²) in [6.07, 6.45) is 1.30. The summed E-state index contributed by atoms with van der Waals surface area (Å²) in [6.45, 7) is 1.70. The first-order valence-electron chi connectivity index (χ1n) is 9.40. The van der Waals surface area contributed by atoms with Crippen molar-refractivity contribution in [2.45, 2.75) is 6.92 Å². The van der Waals surface area contributed by atoms with E-state index in [1.807, 2.05) is 10.6 Å². The number of hydrogen-bond acceptors (Lipinski definition) is 6. The largest absolute Gasteiger partial charge is 0.490 e. The van der Waals surface area contributed by atoms with Crippen molar-refractivity contribution in [3.63, 3.8) is 0 Å². The van der Waals surface area contributed by atoms with Crippen LogP contribution in [-0.2, 0) is 14.4 Å². The maximum absolute atomic E-state index is 12.3. The number of barbiturate groups is 1. The topological polar surface area (TPSA) is 123 Å². The number of imide groups is 2. The summed E-state index contributed by atoms with van der Waals surface area (Å²) in [5.74, 6) is -1.58. The third kappa shape index (κ3) is 6.25. The number of ether oxygens (including phenoxy) is 2. The highest BCUT2D eigenvalue weighted by Gasteiger charge is 2.28. The van der Waals surface area contributed by atoms with Gasteiger partial charge in [-0.2, -0.15) is 0 Å². The van der Waals surface area contributed by atoms with E-state index < -0.39 is 23.8 Å². The van der Waals surface area contributed by atoms with Gasteiger partial charge in [-0.3, -0.25) is 25.0 Å². The standard InChI is InChI=1S/C21H16BrCl2N3O6/c1-2-32-16-7-10(5-12-19(29)26-21(31)27-20(12)30)6-13(22)18(16)33-9-17(28)25-11-3-4-14(23)15(24)8-11/h3-8H,2,9H2,1H3,(H,25,28)(H2,26,27,29,30,31). The fraction of sp³-hybridized carbons (Fsp3) is 0.143. The van der Waals surface area contributed by atoms with E-state index in [9.17, 15) is 19.2 Å². The van der Waals surface area contributed by atoms with E-state index >= 15 is 0 Å². The van der Waals surface area contributed by atoms with Gasteiger partial charge in [0.05, 0.1) is 21.1 Å². The van der Waals surface area contributed by atoms with E-state index in [4.69, 9.17) is 32.7 Å². The molecule has 1 saturated heterocycles. The molecule has 172 valence electrons. The molecule has 0 spiro atoms. The molecule has 3 N–H and O–H groups in total. The summed E-state index contributed by atoms with van der Waals surface area (Å²) in [5, 5.41) is 7.30. The summed E-state index contributed by atoms with van der Waals surface area (Å²) in [4.78, 5) is 47.4. The molecule has 2 aromatic rings. The lowest BCUT2D eigenvalue weighted by molar-refractivity contribution is -0.124. The molecule has 0 atom stereocenters. The van der Waals surface area contributed by atoms with Gasteiger partial charge in [0.15, 0.2) is 18.1 Å². The van der Waals surface area contributed by atoms with Gasteiger partial charge in [-0.1, -0.05) is 23.2 Å². The maximum atomic E-state index is 12.3. The monoisotopic (exact) mass is 555 g/mol. The Morgan fingerprint density at radius 2 is 1.76 bits per heavy atom. The second-order valence-corrected chi connectivity index (χ2v) is 8.19. The predicted octanol–water partition coefficient (Wildman–Crippen LogP) is 3.92. The summed E-state index contributed by atoms with van der Waals surface area (Å²) >= 11 is 15.2. The Morgan fingerprint density at radius 1 is 1.06 bits per heavy atom. The summed E-state index contributed by atoms with van der Waals surface area (Å²) in [7, 11) is 0. The summed E-state index contributed by atoms with van der Waals surface area (Å²) in [5.41, 5.74) is 0.623. The Hall–Kier alpha value is -3.08. The molecule has 0 bridgehead atoms. The molecule has 1 heterocycles. The van der Waals surface area contributed by atoms with Crippen molar-refractivity contribution in [2.75, 3.05) is 18.5 Å². The minimum Gasteiger partial charge on any atom is -0.490 e. The van der Waals surface area contributed by atoms with Crippen molar-refractivity contribution in [2.24, 2.45) is 0 Å². The van der Waals surface area contributed by atoms with Crippen molar-refractivity contribution < 1.29 is 28.7 Å². The molecule has 3 rings (SSSR count). The zero-order valence-corrected chi connectivity index (χ0v) is 20.1. The van der Waals surface area contributed by atoms with Gasteiger partial charge >= 0.3 is 6.03 Å². The van der Waals surface area contributed by atoms with Gasteiger partial charge in [0.25, 0.3) is 17.7 Å². The normalized spacial score (nSPS) is 13.2. The Balaban J connectivity index is 1.78. The van der Waals surface area contributed by atoms with Crippen molar-refractivity contribution in [1.82, 2.24) is 10.6 Å². The average molecular weight is 557 g/mol. The number of carbonyl (C=O) groups is 4. The minimum atomic E-state index is -0.888. The predicted molar refractivity (Wildman–Crippen MR) is 126 cm³/mol. The lowest BCUT2D eigenvalue weighted by Crippen LogP contribution is -2.51. The number of anilines is 1. The Morgan fingerprint density at radius 3 is 2.39 bits per heavy atom. The highest BCUT2D eigenvalue weighted by Crippen LogP contribution is 2.37. The summed E-state index contributed by atoms with van der Waals surface area (Å²) < 4.78 is 11.6. The van der Waals surface area contributed by atoms with Crippen molar-refractivity contribution >= 4 is 74.6 Å². The lowest BCUT2D eigenvalue weighted by atomic mass is 10.1. The van der Waals surface area contributed by atoms with Crippen molar-refractivity contribution in [3.8, 4) is 11.5 Å². The first-order valence-corrected chi connectivity index (χ1v) is 10.9. The van der Waals surface area contributed by atoms with E-state index in [0.717, 1.165) is 0 Å². The van der Waals surface area contributed by atoms with E-state index in [-0.39, 0.29) is 30.3 Å². The zero-order chi connectivity index (χ0) is 24.1. The van der Waals surface area contributed by atoms with Crippen molar-refractivity contribution in [3.05, 3.63) is 56.0 Å². The van der Waals surface area contributed by atoms with E-state index in [1.54, 1.807) is 25.1 Å². The van der Waals surface area contributed by atoms with E-state index in [0.29, 0.717) is 25.8 Å². The number of carbonyl (C=O) groups excluding carboxylic acids is 4. The highest BCUT2D eigenvalue weighted by atomic mass is 79.9. The molecule has 12 heteroatoms. The van der Waals surface area contributed by atoms with Gasteiger partial charge in [0.1, 0.15) is 5.57 Å². The van der Waals surface area contributed by atoms with Crippen molar-refractivity contribution in [1.29, 1.82) is 0 Å². The van der Waals surface area contributed by atoms with Crippen LogP contribution in [-0.4, -0.2) is 37.0 Å². The lowest BCUT2D eigenvalue weighted by Gasteiger charge is -2.16. The average Bonchev–Trinajstić information content (AvgIpc) is 2.73. The quantitative estimate of drug-likeness (QED) is 0.351. The Labute approximate surface area is 206 Å². The molecule has 1 aliphatic heterocycles. The number of benzene rings is 2. The second-order valence-electron chi connectivity index (χ2n) is 6.52. The van der Waals surface area contributed by atoms with Crippen LogP contribution in [0.15, 0.2) is 40.4 Å². The third-order valence-electron chi connectivity index (χ3n) is 4.14. The molecule has 0 unspecified atom stereocenters. The molecule has 0 aromatic heterocycles. The molecule has 5 amide bonds. The molecular formula is C21H16BrCl2N3O6. The third-order valence-corrected chi connectivity index (χ3v) is 5.47. The van der Waals surface area contributed by atoms with E-state index in [1.165, 1.54) is 18.2 Å². The molecule has 0 saturated carbocycles. The van der Waals surface area contributed by atoms with Crippen LogP contribution in [0.2, 0.25) is 10.0 Å². The molecular weight excluding hydrogens is 541 g/mol. The SMILES string of the molecule is CCOc1cc(C=C2C(=O)NC(=O)NC2=O)cc(Br)c1OCC(=O)Nc1ccc(Cl)c(Cl)c1. The molecule has 1 aliphatic rings. The van der Waals surface area contributed by atoms with Crippen LogP contribution in [0.4, 0.5) is 10.5 Å². The molecule has 1 fully saturated rings. The van der Waals surface area contributed by atoms with Crippen LogP contribution in [0.25, 0.3) is 6.08 Å².